The van der Waals surface area contributed by atoms with Crippen LogP contribution in [0.1, 0.15) is 35.1 Å². The van der Waals surface area contributed by atoms with Crippen LogP contribution in [0.15, 0.2) is 36.4 Å². The molecular formula is C17H20N2O2. The molecule has 0 aliphatic heterocycles. The number of aromatic nitrogens is 1. The van der Waals surface area contributed by atoms with E-state index in [4.69, 9.17) is 4.74 Å². The van der Waals surface area contributed by atoms with Gasteiger partial charge in [-0.15, -0.1) is 0 Å². The Labute approximate surface area is 125 Å². The lowest BCUT2D eigenvalue weighted by atomic mass is 10.1. The van der Waals surface area contributed by atoms with Crippen LogP contribution < -0.4 is 10.1 Å². The summed E-state index contributed by atoms with van der Waals surface area (Å²) < 4.78 is 5.71. The number of carbonyl (C=O) groups is 1. The van der Waals surface area contributed by atoms with Gasteiger partial charge in [0.2, 0.25) is 0 Å². The van der Waals surface area contributed by atoms with Crippen molar-refractivity contribution in [1.29, 1.82) is 0 Å². The Hall–Kier alpha value is -2.36. The Morgan fingerprint density at radius 3 is 2.62 bits per heavy atom. The van der Waals surface area contributed by atoms with E-state index < -0.39 is 0 Å². The van der Waals surface area contributed by atoms with Crippen molar-refractivity contribution in [2.45, 2.75) is 27.2 Å². The molecule has 4 heteroatoms. The minimum absolute atomic E-state index is 0.197. The third kappa shape index (κ3) is 3.81. The van der Waals surface area contributed by atoms with E-state index in [-0.39, 0.29) is 5.91 Å². The fourth-order valence-electron chi connectivity index (χ4n) is 2.11. The number of rotatable bonds is 5. The van der Waals surface area contributed by atoms with Crippen molar-refractivity contribution in [2.24, 2.45) is 0 Å². The molecule has 110 valence electrons. The maximum absolute atomic E-state index is 12.5. The van der Waals surface area contributed by atoms with E-state index in [0.29, 0.717) is 23.6 Å². The first kappa shape index (κ1) is 15.0. The van der Waals surface area contributed by atoms with Gasteiger partial charge in [0.1, 0.15) is 11.3 Å². The maximum atomic E-state index is 12.5. The third-order valence-electron chi connectivity index (χ3n) is 3.01. The lowest BCUT2D eigenvalue weighted by Crippen LogP contribution is -2.16. The van der Waals surface area contributed by atoms with Crippen molar-refractivity contribution in [3.05, 3.63) is 53.3 Å². The summed E-state index contributed by atoms with van der Waals surface area (Å²) in [7, 11) is 0. The highest BCUT2D eigenvalue weighted by molar-refractivity contribution is 6.07. The minimum Gasteiger partial charge on any atom is -0.493 e. The number of carbonyl (C=O) groups excluding carboxylic acids is 1. The second kappa shape index (κ2) is 6.88. The molecule has 0 saturated heterocycles. The van der Waals surface area contributed by atoms with Gasteiger partial charge < -0.3 is 10.1 Å². The summed E-state index contributed by atoms with van der Waals surface area (Å²) in [5.74, 6) is 0.396. The first-order chi connectivity index (χ1) is 10.1. The Morgan fingerprint density at radius 2 is 1.95 bits per heavy atom. The summed E-state index contributed by atoms with van der Waals surface area (Å²) in [6.45, 7) is 6.33. The lowest BCUT2D eigenvalue weighted by molar-refractivity contribution is 0.102. The van der Waals surface area contributed by atoms with Crippen LogP contribution in [0.4, 0.5) is 5.69 Å². The highest BCUT2D eigenvalue weighted by Gasteiger charge is 2.17. The largest absolute Gasteiger partial charge is 0.493 e. The molecule has 1 aromatic carbocycles. The number of anilines is 1. The summed E-state index contributed by atoms with van der Waals surface area (Å²) in [5, 5.41) is 2.88. The number of para-hydroxylation sites is 1. The van der Waals surface area contributed by atoms with Crippen LogP contribution in [0.5, 0.6) is 5.75 Å². The maximum Gasteiger partial charge on any atom is 0.261 e. The Balaban J connectivity index is 2.30. The SMILES string of the molecule is CCCOc1cc(C)nc(C)c1C(=O)Nc1ccccc1. The molecule has 0 spiro atoms. The van der Waals surface area contributed by atoms with Crippen LogP contribution in [0, 0.1) is 13.8 Å². The summed E-state index contributed by atoms with van der Waals surface area (Å²) in [6, 6.07) is 11.2. The zero-order valence-electron chi connectivity index (χ0n) is 12.6. The quantitative estimate of drug-likeness (QED) is 0.910. The number of nitrogens with zero attached hydrogens (tertiary/aromatic N) is 1. The molecule has 0 saturated carbocycles. The Bertz CT molecular complexity index is 624. The van der Waals surface area contributed by atoms with Crippen molar-refractivity contribution in [1.82, 2.24) is 4.98 Å². The van der Waals surface area contributed by atoms with Crippen LogP contribution in [-0.4, -0.2) is 17.5 Å². The van der Waals surface area contributed by atoms with E-state index in [0.717, 1.165) is 17.8 Å². The highest BCUT2D eigenvalue weighted by atomic mass is 16.5. The number of nitrogens with one attached hydrogen (secondary N) is 1. The molecular weight excluding hydrogens is 264 g/mol. The molecule has 0 atom stereocenters. The summed E-state index contributed by atoms with van der Waals surface area (Å²) in [4.78, 5) is 16.9. The van der Waals surface area contributed by atoms with Crippen molar-refractivity contribution in [3.63, 3.8) is 0 Å². The van der Waals surface area contributed by atoms with Gasteiger partial charge in [0.25, 0.3) is 5.91 Å². The van der Waals surface area contributed by atoms with Gasteiger partial charge in [-0.25, -0.2) is 0 Å². The number of aryl methyl sites for hydroxylation is 2. The predicted molar refractivity (Wildman–Crippen MR) is 83.9 cm³/mol. The van der Waals surface area contributed by atoms with E-state index >= 15 is 0 Å². The van der Waals surface area contributed by atoms with E-state index in [9.17, 15) is 4.79 Å². The highest BCUT2D eigenvalue weighted by Crippen LogP contribution is 2.24. The van der Waals surface area contributed by atoms with Gasteiger partial charge in [-0.2, -0.15) is 0 Å². The average molecular weight is 284 g/mol. The van der Waals surface area contributed by atoms with Crippen LogP contribution in [0.3, 0.4) is 0 Å². The molecule has 1 aromatic heterocycles. The van der Waals surface area contributed by atoms with E-state index in [1.807, 2.05) is 57.2 Å². The Morgan fingerprint density at radius 1 is 1.24 bits per heavy atom. The summed E-state index contributed by atoms with van der Waals surface area (Å²) in [6.07, 6.45) is 0.889. The predicted octanol–water partition coefficient (Wildman–Crippen LogP) is 3.74. The molecule has 4 nitrogen and oxygen atoms in total. The lowest BCUT2D eigenvalue weighted by Gasteiger charge is -2.14. The van der Waals surface area contributed by atoms with Crippen LogP contribution >= 0.6 is 0 Å². The van der Waals surface area contributed by atoms with Gasteiger partial charge in [0, 0.05) is 17.4 Å². The van der Waals surface area contributed by atoms with Gasteiger partial charge in [-0.3, -0.25) is 9.78 Å². The molecule has 1 heterocycles. The fraction of sp³-hybridized carbons (Fsp3) is 0.294. The zero-order chi connectivity index (χ0) is 15.2. The number of amides is 1. The van der Waals surface area contributed by atoms with E-state index in [1.54, 1.807) is 0 Å². The van der Waals surface area contributed by atoms with Crippen LogP contribution in [-0.2, 0) is 0 Å². The van der Waals surface area contributed by atoms with Crippen molar-refractivity contribution < 1.29 is 9.53 Å². The molecule has 1 N–H and O–H groups in total. The van der Waals surface area contributed by atoms with E-state index in [2.05, 4.69) is 10.3 Å². The monoisotopic (exact) mass is 284 g/mol. The number of hydrogen-bond acceptors (Lipinski definition) is 3. The fourth-order valence-corrected chi connectivity index (χ4v) is 2.11. The second-order valence-electron chi connectivity index (χ2n) is 4.89. The molecule has 0 radical (unpaired) electrons. The van der Waals surface area contributed by atoms with Gasteiger partial charge in [-0.1, -0.05) is 25.1 Å². The Kier molecular flexibility index (Phi) is 4.93. The molecule has 2 rings (SSSR count). The van der Waals surface area contributed by atoms with Crippen molar-refractivity contribution in [2.75, 3.05) is 11.9 Å². The first-order valence-electron chi connectivity index (χ1n) is 7.09. The number of pyridine rings is 1. The van der Waals surface area contributed by atoms with Crippen molar-refractivity contribution >= 4 is 11.6 Å². The topological polar surface area (TPSA) is 51.2 Å². The number of ether oxygens (including phenoxy) is 1. The molecule has 21 heavy (non-hydrogen) atoms. The third-order valence-corrected chi connectivity index (χ3v) is 3.01. The number of benzene rings is 1. The van der Waals surface area contributed by atoms with E-state index in [1.165, 1.54) is 0 Å². The minimum atomic E-state index is -0.197. The number of hydrogen-bond donors (Lipinski definition) is 1. The molecule has 1 amide bonds. The normalized spacial score (nSPS) is 10.2. The molecule has 0 unspecified atom stereocenters. The summed E-state index contributed by atoms with van der Waals surface area (Å²) >= 11 is 0. The van der Waals surface area contributed by atoms with Gasteiger partial charge in [0.15, 0.2) is 0 Å². The molecule has 0 aliphatic carbocycles. The van der Waals surface area contributed by atoms with Crippen LogP contribution in [0.2, 0.25) is 0 Å². The van der Waals surface area contributed by atoms with Crippen LogP contribution in [0.25, 0.3) is 0 Å². The standard InChI is InChI=1S/C17H20N2O2/c1-4-10-21-15-11-12(2)18-13(3)16(15)17(20)19-14-8-6-5-7-9-14/h5-9,11H,4,10H2,1-3H3,(H,19,20). The first-order valence-corrected chi connectivity index (χ1v) is 7.09. The smallest absolute Gasteiger partial charge is 0.261 e. The molecule has 0 aliphatic rings. The average Bonchev–Trinajstić information content (AvgIpc) is 2.45. The molecule has 0 bridgehead atoms. The van der Waals surface area contributed by atoms with Gasteiger partial charge in [-0.05, 0) is 32.4 Å². The second-order valence-corrected chi connectivity index (χ2v) is 4.89. The molecule has 0 fully saturated rings. The van der Waals surface area contributed by atoms with Crippen molar-refractivity contribution in [3.8, 4) is 5.75 Å². The summed E-state index contributed by atoms with van der Waals surface area (Å²) in [5.41, 5.74) is 2.77. The zero-order valence-corrected chi connectivity index (χ0v) is 12.6. The van der Waals surface area contributed by atoms with Gasteiger partial charge in [0.05, 0.1) is 12.3 Å². The van der Waals surface area contributed by atoms with Gasteiger partial charge >= 0.3 is 0 Å². The molecule has 2 aromatic rings.